The first kappa shape index (κ1) is 14.3. The molecule has 1 saturated heterocycles. The molecule has 0 bridgehead atoms. The van der Waals surface area contributed by atoms with Gasteiger partial charge in [-0.15, -0.1) is 5.10 Å². The van der Waals surface area contributed by atoms with Crippen LogP contribution in [0.3, 0.4) is 0 Å². The van der Waals surface area contributed by atoms with E-state index in [1.54, 1.807) is 11.8 Å². The van der Waals surface area contributed by atoms with Crippen molar-refractivity contribution in [1.82, 2.24) is 20.3 Å². The van der Waals surface area contributed by atoms with E-state index in [1.807, 2.05) is 4.68 Å². The van der Waals surface area contributed by atoms with E-state index >= 15 is 0 Å². The van der Waals surface area contributed by atoms with E-state index < -0.39 is 0 Å². The molecule has 1 N–H and O–H groups in total. The molecule has 0 atom stereocenters. The van der Waals surface area contributed by atoms with E-state index in [2.05, 4.69) is 21.9 Å². The topological polar surface area (TPSA) is 69.0 Å². The summed E-state index contributed by atoms with van der Waals surface area (Å²) in [5.41, 5.74) is 1.33. The molecule has 2 heterocycles. The summed E-state index contributed by atoms with van der Waals surface area (Å²) < 4.78 is 6.68. The molecule has 106 valence electrons. The van der Waals surface area contributed by atoms with Crippen LogP contribution in [0.15, 0.2) is 0 Å². The minimum Gasteiger partial charge on any atom is -0.464 e. The second kappa shape index (κ2) is 6.91. The number of carbonyl (C=O) groups is 1. The van der Waals surface area contributed by atoms with E-state index in [9.17, 15) is 4.79 Å². The molecule has 0 aromatic carbocycles. The zero-order chi connectivity index (χ0) is 13.7. The van der Waals surface area contributed by atoms with Gasteiger partial charge in [0.25, 0.3) is 0 Å². The van der Waals surface area contributed by atoms with Crippen LogP contribution >= 0.6 is 11.8 Å². The molecule has 0 amide bonds. The summed E-state index contributed by atoms with van der Waals surface area (Å²) in [5, 5.41) is 11.5. The molecule has 0 saturated carbocycles. The van der Waals surface area contributed by atoms with E-state index in [1.165, 1.54) is 7.11 Å². The Hall–Kier alpha value is -1.08. The van der Waals surface area contributed by atoms with Crippen molar-refractivity contribution in [2.24, 2.45) is 0 Å². The standard InChI is InChI=1S/C12H20N4O2S/c1-18-12(17)10-11(9-3-5-13-6-4-9)16(15-14-10)7-8-19-2/h9,13H,3-8H2,1-2H3. The van der Waals surface area contributed by atoms with Crippen LogP contribution in [0.2, 0.25) is 0 Å². The van der Waals surface area contributed by atoms with Gasteiger partial charge in [-0.1, -0.05) is 5.21 Å². The average molecular weight is 284 g/mol. The molecule has 0 aliphatic carbocycles. The molecule has 7 heteroatoms. The lowest BCUT2D eigenvalue weighted by atomic mass is 9.93. The molecule has 19 heavy (non-hydrogen) atoms. The minimum atomic E-state index is -0.385. The second-order valence-corrected chi connectivity index (χ2v) is 5.54. The predicted molar refractivity (Wildman–Crippen MR) is 74.6 cm³/mol. The van der Waals surface area contributed by atoms with Gasteiger partial charge in [0, 0.05) is 11.7 Å². The lowest BCUT2D eigenvalue weighted by Gasteiger charge is -2.23. The van der Waals surface area contributed by atoms with Gasteiger partial charge < -0.3 is 10.1 Å². The van der Waals surface area contributed by atoms with Crippen molar-refractivity contribution in [3.8, 4) is 0 Å². The number of thioether (sulfide) groups is 1. The summed E-state index contributed by atoms with van der Waals surface area (Å²) in [6.45, 7) is 2.72. The lowest BCUT2D eigenvalue weighted by Crippen LogP contribution is -2.29. The van der Waals surface area contributed by atoms with Gasteiger partial charge in [-0.05, 0) is 32.2 Å². The third-order valence-electron chi connectivity index (χ3n) is 3.39. The quantitative estimate of drug-likeness (QED) is 0.810. The fraction of sp³-hybridized carbons (Fsp3) is 0.750. The monoisotopic (exact) mass is 284 g/mol. The lowest BCUT2D eigenvalue weighted by molar-refractivity contribution is 0.0591. The largest absolute Gasteiger partial charge is 0.464 e. The van der Waals surface area contributed by atoms with Crippen LogP contribution in [-0.2, 0) is 11.3 Å². The van der Waals surface area contributed by atoms with E-state index in [0.717, 1.165) is 43.9 Å². The molecule has 1 aromatic heterocycles. The number of carbonyl (C=O) groups excluding carboxylic acids is 1. The Morgan fingerprint density at radius 1 is 1.53 bits per heavy atom. The number of hydrogen-bond acceptors (Lipinski definition) is 6. The zero-order valence-corrected chi connectivity index (χ0v) is 12.2. The molecule has 6 nitrogen and oxygen atoms in total. The number of ether oxygens (including phenoxy) is 1. The highest BCUT2D eigenvalue weighted by Gasteiger charge is 2.28. The molecule has 0 spiro atoms. The fourth-order valence-corrected chi connectivity index (χ4v) is 2.76. The molecule has 1 aliphatic rings. The third kappa shape index (κ3) is 3.27. The van der Waals surface area contributed by atoms with Crippen LogP contribution in [0.5, 0.6) is 0 Å². The van der Waals surface area contributed by atoms with Crippen LogP contribution in [-0.4, -0.2) is 53.2 Å². The van der Waals surface area contributed by atoms with Crippen molar-refractivity contribution in [2.75, 3.05) is 32.2 Å². The predicted octanol–water partition coefficient (Wildman–Crippen LogP) is 0.895. The number of methoxy groups -OCH3 is 1. The Morgan fingerprint density at radius 3 is 2.89 bits per heavy atom. The van der Waals surface area contributed by atoms with Gasteiger partial charge in [0.2, 0.25) is 0 Å². The number of hydrogen-bond donors (Lipinski definition) is 1. The SMILES string of the molecule is COC(=O)c1nnn(CCSC)c1C1CCNCC1. The molecule has 0 unspecified atom stereocenters. The summed E-state index contributed by atoms with van der Waals surface area (Å²) in [4.78, 5) is 11.8. The smallest absolute Gasteiger partial charge is 0.360 e. The maximum atomic E-state index is 11.8. The van der Waals surface area contributed by atoms with Crippen LogP contribution in [0.25, 0.3) is 0 Å². The van der Waals surface area contributed by atoms with Crippen LogP contribution in [0.1, 0.15) is 34.9 Å². The summed E-state index contributed by atoms with van der Waals surface area (Å²) in [6, 6.07) is 0. The van der Waals surface area contributed by atoms with Crippen molar-refractivity contribution >= 4 is 17.7 Å². The fourth-order valence-electron chi connectivity index (χ4n) is 2.40. The third-order valence-corrected chi connectivity index (χ3v) is 3.98. The molecule has 2 rings (SSSR count). The number of aromatic nitrogens is 3. The van der Waals surface area contributed by atoms with E-state index in [4.69, 9.17) is 4.74 Å². The van der Waals surface area contributed by atoms with Crippen molar-refractivity contribution in [3.63, 3.8) is 0 Å². The van der Waals surface area contributed by atoms with E-state index in [0.29, 0.717) is 11.6 Å². The highest BCUT2D eigenvalue weighted by molar-refractivity contribution is 7.98. The van der Waals surface area contributed by atoms with Crippen molar-refractivity contribution < 1.29 is 9.53 Å². The average Bonchev–Trinajstić information content (AvgIpc) is 2.89. The molecule has 1 fully saturated rings. The van der Waals surface area contributed by atoms with Crippen LogP contribution in [0, 0.1) is 0 Å². The maximum absolute atomic E-state index is 11.8. The summed E-state index contributed by atoms with van der Waals surface area (Å²) in [5.74, 6) is 0.915. The van der Waals surface area contributed by atoms with Gasteiger partial charge in [-0.3, -0.25) is 0 Å². The molecular weight excluding hydrogens is 264 g/mol. The van der Waals surface area contributed by atoms with Crippen LogP contribution in [0.4, 0.5) is 0 Å². The minimum absolute atomic E-state index is 0.340. The first-order chi connectivity index (χ1) is 9.27. The Morgan fingerprint density at radius 2 is 2.26 bits per heavy atom. The first-order valence-corrected chi connectivity index (χ1v) is 7.88. The number of esters is 1. The number of nitrogens with zero attached hydrogens (tertiary/aromatic N) is 3. The van der Waals surface area contributed by atoms with Crippen molar-refractivity contribution in [3.05, 3.63) is 11.4 Å². The van der Waals surface area contributed by atoms with Crippen molar-refractivity contribution in [1.29, 1.82) is 0 Å². The second-order valence-electron chi connectivity index (χ2n) is 4.56. The van der Waals surface area contributed by atoms with Gasteiger partial charge in [0.1, 0.15) is 0 Å². The van der Waals surface area contributed by atoms with E-state index in [-0.39, 0.29) is 5.97 Å². The molecule has 1 aromatic rings. The molecule has 0 radical (unpaired) electrons. The normalized spacial score (nSPS) is 16.5. The summed E-state index contributed by atoms with van der Waals surface area (Å²) in [7, 11) is 1.38. The van der Waals surface area contributed by atoms with Gasteiger partial charge >= 0.3 is 5.97 Å². The highest BCUT2D eigenvalue weighted by Crippen LogP contribution is 2.27. The number of piperidine rings is 1. The van der Waals surface area contributed by atoms with Gasteiger partial charge in [0.05, 0.1) is 19.3 Å². The first-order valence-electron chi connectivity index (χ1n) is 6.49. The summed E-state index contributed by atoms with van der Waals surface area (Å²) >= 11 is 1.76. The molecule has 1 aliphatic heterocycles. The number of nitrogens with one attached hydrogen (secondary N) is 1. The maximum Gasteiger partial charge on any atom is 0.360 e. The Balaban J connectivity index is 2.28. The Labute approximate surface area is 117 Å². The van der Waals surface area contributed by atoms with Gasteiger partial charge in [0.15, 0.2) is 5.69 Å². The Kier molecular flexibility index (Phi) is 5.21. The Bertz CT molecular complexity index is 429. The summed E-state index contributed by atoms with van der Waals surface area (Å²) in [6.07, 6.45) is 4.08. The van der Waals surface area contributed by atoms with Gasteiger partial charge in [-0.2, -0.15) is 11.8 Å². The zero-order valence-electron chi connectivity index (χ0n) is 11.4. The molecular formula is C12H20N4O2S. The number of rotatable bonds is 5. The highest BCUT2D eigenvalue weighted by atomic mass is 32.2. The van der Waals surface area contributed by atoms with Crippen molar-refractivity contribution in [2.45, 2.75) is 25.3 Å². The number of aryl methyl sites for hydroxylation is 1. The van der Waals surface area contributed by atoms with Gasteiger partial charge in [-0.25, -0.2) is 9.48 Å². The van der Waals surface area contributed by atoms with Crippen LogP contribution < -0.4 is 5.32 Å².